The summed E-state index contributed by atoms with van der Waals surface area (Å²) in [5, 5.41) is 0. The van der Waals surface area contributed by atoms with Gasteiger partial charge in [0.1, 0.15) is 6.10 Å². The molecule has 0 radical (unpaired) electrons. The van der Waals surface area contributed by atoms with Crippen LogP contribution in [0, 0.1) is 17.8 Å². The Bertz CT molecular complexity index is 751. The van der Waals surface area contributed by atoms with E-state index < -0.39 is 8.80 Å². The van der Waals surface area contributed by atoms with Gasteiger partial charge in [-0.05, 0) is 88.4 Å². The van der Waals surface area contributed by atoms with Gasteiger partial charge in [0.2, 0.25) is 0 Å². The maximum absolute atomic E-state index is 7.69. The third-order valence-corrected chi connectivity index (χ3v) is 13.5. The lowest BCUT2D eigenvalue weighted by atomic mass is 9.58. The lowest BCUT2D eigenvalue weighted by molar-refractivity contribution is -0.153. The van der Waals surface area contributed by atoms with Crippen LogP contribution in [0.3, 0.4) is 0 Å². The quantitative estimate of drug-likeness (QED) is 0.169. The molecule has 4 aliphatic heterocycles. The van der Waals surface area contributed by atoms with Crippen LogP contribution in [0.1, 0.15) is 77.6 Å². The summed E-state index contributed by atoms with van der Waals surface area (Å²) in [6.45, 7) is 5.16. The number of ether oxygens (including phenoxy) is 5. The van der Waals surface area contributed by atoms with Crippen LogP contribution in [-0.4, -0.2) is 90.7 Å². The van der Waals surface area contributed by atoms with Crippen molar-refractivity contribution in [2.24, 2.45) is 17.8 Å². The van der Waals surface area contributed by atoms with Crippen molar-refractivity contribution in [3.8, 4) is 0 Å². The second-order valence-corrected chi connectivity index (χ2v) is 15.9. The van der Waals surface area contributed by atoms with E-state index in [4.69, 9.17) is 37.0 Å². The van der Waals surface area contributed by atoms with Crippen LogP contribution in [0.4, 0.5) is 0 Å². The highest BCUT2D eigenvalue weighted by Gasteiger charge is 2.64. The molecule has 9 heteroatoms. The van der Waals surface area contributed by atoms with E-state index in [0.29, 0.717) is 73.7 Å². The smallest absolute Gasteiger partial charge is 0.379 e. The van der Waals surface area contributed by atoms with Gasteiger partial charge < -0.3 is 37.0 Å². The Morgan fingerprint density at radius 3 is 1.71 bits per heavy atom. The number of unbranched alkanes of at least 4 members (excludes halogenated alkanes) is 1. The Labute approximate surface area is 229 Å². The van der Waals surface area contributed by atoms with E-state index in [9.17, 15) is 0 Å². The Hall–Kier alpha value is -0.103. The molecule has 0 amide bonds. The topological polar surface area (TPSA) is 87.0 Å². The number of epoxide rings is 4. The zero-order valence-electron chi connectivity index (χ0n) is 23.4. The first kappa shape index (κ1) is 26.8. The second-order valence-electron chi connectivity index (χ2n) is 13.0. The molecule has 0 bridgehead atoms. The zero-order valence-corrected chi connectivity index (χ0v) is 24.4. The minimum Gasteiger partial charge on any atom is -0.379 e. The lowest BCUT2D eigenvalue weighted by Gasteiger charge is -2.55. The highest BCUT2D eigenvalue weighted by atomic mass is 28.4. The van der Waals surface area contributed by atoms with E-state index in [-0.39, 0.29) is 5.60 Å². The molecule has 0 aromatic carbocycles. The van der Waals surface area contributed by atoms with Gasteiger partial charge in [-0.2, -0.15) is 0 Å². The summed E-state index contributed by atoms with van der Waals surface area (Å²) in [5.41, 5.74) is -0.254. The van der Waals surface area contributed by atoms with Crippen LogP contribution in [-0.2, 0) is 37.0 Å². The summed E-state index contributed by atoms with van der Waals surface area (Å²) in [4.78, 5) is 0. The van der Waals surface area contributed by atoms with Crippen LogP contribution >= 0.6 is 0 Å². The monoisotopic (exact) mass is 552 g/mol. The Morgan fingerprint density at radius 1 is 0.737 bits per heavy atom. The van der Waals surface area contributed by atoms with Gasteiger partial charge in [0.15, 0.2) is 0 Å². The Balaban J connectivity index is 1.11. The molecule has 216 valence electrons. The summed E-state index contributed by atoms with van der Waals surface area (Å²) in [7, 11) is -1.09. The number of rotatable bonds is 15. The minimum atomic E-state index is -2.92. The molecule has 0 N–H and O–H groups in total. The average molecular weight is 553 g/mol. The molecule has 11 unspecified atom stereocenters. The molecule has 0 aromatic heterocycles. The molecule has 3 saturated carbocycles. The Kier molecular flexibility index (Phi) is 7.71. The van der Waals surface area contributed by atoms with Gasteiger partial charge >= 0.3 is 8.80 Å². The number of hydrogen-bond acceptors (Lipinski definition) is 8. The maximum Gasteiger partial charge on any atom is 0.500 e. The summed E-state index contributed by atoms with van der Waals surface area (Å²) in [6.07, 6.45) is 15.3. The molecule has 38 heavy (non-hydrogen) atoms. The molecule has 0 aromatic rings. The fourth-order valence-electron chi connectivity index (χ4n) is 8.32. The third kappa shape index (κ3) is 5.53. The summed E-state index contributed by atoms with van der Waals surface area (Å²) >= 11 is 0. The molecule has 4 saturated heterocycles. The zero-order chi connectivity index (χ0) is 25.7. The van der Waals surface area contributed by atoms with Crippen molar-refractivity contribution < 1.29 is 37.0 Å². The normalized spacial score (nSPS) is 45.6. The molecule has 11 atom stereocenters. The third-order valence-electron chi connectivity index (χ3n) is 10.7. The van der Waals surface area contributed by atoms with Crippen molar-refractivity contribution in [3.05, 3.63) is 0 Å². The van der Waals surface area contributed by atoms with E-state index in [1.807, 2.05) is 7.11 Å². The molecule has 0 spiro atoms. The van der Waals surface area contributed by atoms with E-state index in [0.717, 1.165) is 70.6 Å². The fraction of sp³-hybridized carbons (Fsp3) is 1.00. The fourth-order valence-corrected chi connectivity index (χ4v) is 10.7. The predicted molar refractivity (Wildman–Crippen MR) is 141 cm³/mol. The molecule has 4 heterocycles. The molecule has 3 aliphatic carbocycles. The first-order chi connectivity index (χ1) is 18.6. The van der Waals surface area contributed by atoms with E-state index in [1.54, 1.807) is 0 Å². The second kappa shape index (κ2) is 10.9. The van der Waals surface area contributed by atoms with Crippen molar-refractivity contribution in [2.75, 3.05) is 33.5 Å². The maximum atomic E-state index is 7.69. The van der Waals surface area contributed by atoms with Gasteiger partial charge in [0.25, 0.3) is 0 Å². The SMILES string of the molecule is CC[Si](OC)(OCCCCOCC1CO1)OC(C1CCC2OC2C1)(C1CCC2OC2C1)C1CCC2OC2C1. The first-order valence-corrected chi connectivity index (χ1v) is 17.6. The molecule has 8 nitrogen and oxygen atoms in total. The van der Waals surface area contributed by atoms with Crippen LogP contribution in [0.25, 0.3) is 0 Å². The van der Waals surface area contributed by atoms with Crippen LogP contribution < -0.4 is 0 Å². The largest absolute Gasteiger partial charge is 0.500 e. The minimum absolute atomic E-state index is 0.254. The number of hydrogen-bond donors (Lipinski definition) is 0. The summed E-state index contributed by atoms with van der Waals surface area (Å²) in [5.74, 6) is 1.42. The van der Waals surface area contributed by atoms with Crippen molar-refractivity contribution >= 4 is 8.80 Å². The van der Waals surface area contributed by atoms with E-state index in [1.165, 1.54) is 19.3 Å². The molecule has 7 fully saturated rings. The van der Waals surface area contributed by atoms with Gasteiger partial charge in [-0.3, -0.25) is 0 Å². The standard InChI is InChI=1S/C29H48O8Si/c1-3-38(30-2,33-13-5-4-12-31-17-22-18-32-22)37-29(19-6-9-23-26(14-19)34-23,20-7-10-24-27(15-20)35-24)21-8-11-25-28(16-21)36-25/h19-28H,3-18H2,1-2H3. The lowest BCUT2D eigenvalue weighted by Crippen LogP contribution is -2.63. The average Bonchev–Trinajstić information content (AvgIpc) is 3.78. The van der Waals surface area contributed by atoms with E-state index >= 15 is 0 Å². The molecule has 7 rings (SSSR count). The van der Waals surface area contributed by atoms with Gasteiger partial charge in [-0.25, -0.2) is 0 Å². The van der Waals surface area contributed by atoms with Crippen LogP contribution in [0.5, 0.6) is 0 Å². The molecular weight excluding hydrogens is 504 g/mol. The predicted octanol–water partition coefficient (Wildman–Crippen LogP) is 4.26. The van der Waals surface area contributed by atoms with Crippen molar-refractivity contribution in [3.63, 3.8) is 0 Å². The number of fused-ring (bicyclic) bond motifs is 3. The first-order valence-electron chi connectivity index (χ1n) is 15.7. The highest BCUT2D eigenvalue weighted by Crippen LogP contribution is 2.59. The highest BCUT2D eigenvalue weighted by molar-refractivity contribution is 6.60. The summed E-state index contributed by atoms with van der Waals surface area (Å²) in [6, 6.07) is 0.792. The van der Waals surface area contributed by atoms with Crippen molar-refractivity contribution in [1.82, 2.24) is 0 Å². The van der Waals surface area contributed by atoms with Crippen LogP contribution in [0.2, 0.25) is 6.04 Å². The molecule has 7 aliphatic rings. The van der Waals surface area contributed by atoms with Gasteiger partial charge in [-0.1, -0.05) is 6.92 Å². The van der Waals surface area contributed by atoms with Crippen molar-refractivity contribution in [1.29, 1.82) is 0 Å². The summed E-state index contributed by atoms with van der Waals surface area (Å²) < 4.78 is 50.0. The van der Waals surface area contributed by atoms with E-state index in [2.05, 4.69) is 6.92 Å². The van der Waals surface area contributed by atoms with Crippen molar-refractivity contribution in [2.45, 2.75) is 132 Å². The Morgan fingerprint density at radius 2 is 1.26 bits per heavy atom. The van der Waals surface area contributed by atoms with Gasteiger partial charge in [-0.15, -0.1) is 0 Å². The van der Waals surface area contributed by atoms with Crippen LogP contribution in [0.15, 0.2) is 0 Å². The van der Waals surface area contributed by atoms with Gasteiger partial charge in [0.05, 0.1) is 55.4 Å². The van der Waals surface area contributed by atoms with Gasteiger partial charge in [0, 0.05) is 26.4 Å². The molecular formula is C29H48O8Si.